The van der Waals surface area contributed by atoms with Gasteiger partial charge in [-0.2, -0.15) is 0 Å². The maximum absolute atomic E-state index is 14.0. The molecular formula is C26H20Cl2FNO4S. The van der Waals surface area contributed by atoms with Gasteiger partial charge >= 0.3 is 0 Å². The lowest BCUT2D eigenvalue weighted by atomic mass is 10.1. The van der Waals surface area contributed by atoms with Crippen LogP contribution in [0.25, 0.3) is 6.08 Å². The molecule has 180 valence electrons. The van der Waals surface area contributed by atoms with Crippen LogP contribution in [0.15, 0.2) is 65.6 Å². The Morgan fingerprint density at radius 2 is 1.77 bits per heavy atom. The van der Waals surface area contributed by atoms with Crippen LogP contribution in [0.2, 0.25) is 10.0 Å². The summed E-state index contributed by atoms with van der Waals surface area (Å²) in [5.41, 5.74) is 1.73. The highest BCUT2D eigenvalue weighted by molar-refractivity contribution is 8.18. The number of nitrogens with zero attached hydrogens (tertiary/aromatic N) is 1. The van der Waals surface area contributed by atoms with Crippen molar-refractivity contribution in [2.45, 2.75) is 20.1 Å². The van der Waals surface area contributed by atoms with Crippen LogP contribution in [0.3, 0.4) is 0 Å². The number of ether oxygens (including phenoxy) is 2. The molecule has 4 rings (SSSR count). The normalized spacial score (nSPS) is 14.6. The lowest BCUT2D eigenvalue weighted by molar-refractivity contribution is -0.123. The van der Waals surface area contributed by atoms with Gasteiger partial charge < -0.3 is 9.47 Å². The lowest BCUT2D eigenvalue weighted by Crippen LogP contribution is -2.27. The Kier molecular flexibility index (Phi) is 8.00. The van der Waals surface area contributed by atoms with Crippen molar-refractivity contribution in [2.75, 3.05) is 6.61 Å². The first kappa shape index (κ1) is 25.1. The quantitative estimate of drug-likeness (QED) is 0.284. The summed E-state index contributed by atoms with van der Waals surface area (Å²) in [6, 6.07) is 16.6. The number of imide groups is 1. The van der Waals surface area contributed by atoms with Crippen molar-refractivity contribution in [2.24, 2.45) is 0 Å². The fraction of sp³-hybridized carbons (Fsp3) is 0.154. The number of halogens is 3. The highest BCUT2D eigenvalue weighted by atomic mass is 35.5. The van der Waals surface area contributed by atoms with Gasteiger partial charge in [-0.1, -0.05) is 53.5 Å². The second kappa shape index (κ2) is 11.2. The van der Waals surface area contributed by atoms with Crippen molar-refractivity contribution in [3.8, 4) is 11.5 Å². The molecule has 0 N–H and O–H groups in total. The number of amides is 2. The summed E-state index contributed by atoms with van der Waals surface area (Å²) in [5.74, 6) is -0.197. The zero-order chi connectivity index (χ0) is 24.9. The minimum Gasteiger partial charge on any atom is -0.490 e. The smallest absolute Gasteiger partial charge is 0.293 e. The summed E-state index contributed by atoms with van der Waals surface area (Å²) in [4.78, 5) is 26.6. The average molecular weight is 532 g/mol. The molecule has 1 saturated heterocycles. The van der Waals surface area contributed by atoms with Crippen LogP contribution in [-0.2, 0) is 17.9 Å². The van der Waals surface area contributed by atoms with E-state index in [9.17, 15) is 14.0 Å². The molecule has 0 radical (unpaired) electrons. The van der Waals surface area contributed by atoms with Crippen LogP contribution >= 0.6 is 35.0 Å². The standard InChI is InChI=1S/C26H20Cl2FNO4S/c1-2-33-22-12-17(11-20(28)24(22)34-15-16-7-9-19(27)10-8-16)13-23-25(31)30(26(32)35-23)14-18-5-3-4-6-21(18)29/h3-13H,2,14-15H2,1H3/b23-13+. The zero-order valence-electron chi connectivity index (χ0n) is 18.6. The van der Waals surface area contributed by atoms with Crippen LogP contribution < -0.4 is 9.47 Å². The predicted octanol–water partition coefficient (Wildman–Crippen LogP) is 7.35. The largest absolute Gasteiger partial charge is 0.490 e. The Morgan fingerprint density at radius 1 is 1.03 bits per heavy atom. The van der Waals surface area contributed by atoms with Crippen molar-refractivity contribution in [3.63, 3.8) is 0 Å². The fourth-order valence-corrected chi connectivity index (χ4v) is 4.63. The third-order valence-corrected chi connectivity index (χ3v) is 6.53. The molecule has 35 heavy (non-hydrogen) atoms. The molecule has 9 heteroatoms. The van der Waals surface area contributed by atoms with Crippen molar-refractivity contribution in [1.82, 2.24) is 4.90 Å². The molecule has 3 aromatic rings. The third kappa shape index (κ3) is 5.99. The molecule has 1 aliphatic rings. The van der Waals surface area contributed by atoms with E-state index in [4.69, 9.17) is 32.7 Å². The van der Waals surface area contributed by atoms with Gasteiger partial charge in [0, 0.05) is 10.6 Å². The molecular weight excluding hydrogens is 512 g/mol. The zero-order valence-corrected chi connectivity index (χ0v) is 20.9. The average Bonchev–Trinajstić information content (AvgIpc) is 3.08. The molecule has 0 aliphatic carbocycles. The molecule has 3 aromatic carbocycles. The fourth-order valence-electron chi connectivity index (χ4n) is 3.40. The van der Waals surface area contributed by atoms with Gasteiger partial charge in [0.1, 0.15) is 12.4 Å². The first-order valence-corrected chi connectivity index (χ1v) is 12.2. The molecule has 0 spiro atoms. The Balaban J connectivity index is 1.55. The number of hydrogen-bond acceptors (Lipinski definition) is 5. The Morgan fingerprint density at radius 3 is 2.49 bits per heavy atom. The van der Waals surface area contributed by atoms with Crippen LogP contribution in [0.5, 0.6) is 11.5 Å². The minimum absolute atomic E-state index is 0.142. The summed E-state index contributed by atoms with van der Waals surface area (Å²) < 4.78 is 25.6. The molecule has 1 fully saturated rings. The summed E-state index contributed by atoms with van der Waals surface area (Å²) in [7, 11) is 0. The van der Waals surface area contributed by atoms with Gasteiger partial charge in [-0.15, -0.1) is 0 Å². The summed E-state index contributed by atoms with van der Waals surface area (Å²) in [6.07, 6.45) is 1.56. The van der Waals surface area contributed by atoms with E-state index in [1.54, 1.807) is 48.5 Å². The number of benzene rings is 3. The van der Waals surface area contributed by atoms with E-state index < -0.39 is 17.0 Å². The van der Waals surface area contributed by atoms with Crippen molar-refractivity contribution in [3.05, 3.63) is 98.1 Å². The maximum Gasteiger partial charge on any atom is 0.293 e. The van der Waals surface area contributed by atoms with Gasteiger partial charge in [0.15, 0.2) is 11.5 Å². The lowest BCUT2D eigenvalue weighted by Gasteiger charge is -2.15. The van der Waals surface area contributed by atoms with E-state index in [-0.39, 0.29) is 23.6 Å². The van der Waals surface area contributed by atoms with Gasteiger partial charge in [0.2, 0.25) is 0 Å². The van der Waals surface area contributed by atoms with E-state index in [0.29, 0.717) is 33.7 Å². The molecule has 0 aromatic heterocycles. The molecule has 1 heterocycles. The molecule has 2 amide bonds. The molecule has 0 saturated carbocycles. The highest BCUT2D eigenvalue weighted by Gasteiger charge is 2.35. The number of rotatable bonds is 8. The number of thioether (sulfide) groups is 1. The van der Waals surface area contributed by atoms with Crippen LogP contribution in [0, 0.1) is 5.82 Å². The van der Waals surface area contributed by atoms with E-state index in [2.05, 4.69) is 0 Å². The Bertz CT molecular complexity index is 1300. The second-order valence-electron chi connectivity index (χ2n) is 7.54. The van der Waals surface area contributed by atoms with Crippen molar-refractivity contribution >= 4 is 52.2 Å². The molecule has 0 unspecified atom stereocenters. The summed E-state index contributed by atoms with van der Waals surface area (Å²) in [6.45, 7) is 2.32. The molecule has 0 bridgehead atoms. The van der Waals surface area contributed by atoms with Crippen LogP contribution in [-0.4, -0.2) is 22.7 Å². The van der Waals surface area contributed by atoms with Gasteiger partial charge in [-0.3, -0.25) is 14.5 Å². The van der Waals surface area contributed by atoms with E-state index in [1.165, 1.54) is 6.07 Å². The maximum atomic E-state index is 14.0. The summed E-state index contributed by atoms with van der Waals surface area (Å²) in [5, 5.41) is 0.453. The number of hydrogen-bond donors (Lipinski definition) is 0. The topological polar surface area (TPSA) is 55.8 Å². The number of carbonyl (C=O) groups excluding carboxylic acids is 2. The van der Waals surface area contributed by atoms with E-state index >= 15 is 0 Å². The summed E-state index contributed by atoms with van der Waals surface area (Å²) >= 11 is 13.2. The second-order valence-corrected chi connectivity index (χ2v) is 9.37. The van der Waals surface area contributed by atoms with Gasteiger partial charge in [-0.25, -0.2) is 4.39 Å². The van der Waals surface area contributed by atoms with E-state index in [1.807, 2.05) is 19.1 Å². The molecule has 0 atom stereocenters. The predicted molar refractivity (Wildman–Crippen MR) is 136 cm³/mol. The van der Waals surface area contributed by atoms with E-state index in [0.717, 1.165) is 22.2 Å². The monoisotopic (exact) mass is 531 g/mol. The van der Waals surface area contributed by atoms with Crippen LogP contribution in [0.4, 0.5) is 9.18 Å². The van der Waals surface area contributed by atoms with Crippen LogP contribution in [0.1, 0.15) is 23.6 Å². The van der Waals surface area contributed by atoms with Gasteiger partial charge in [-0.05, 0) is 66.2 Å². The third-order valence-electron chi connectivity index (χ3n) is 5.09. The van der Waals surface area contributed by atoms with Gasteiger partial charge in [0.25, 0.3) is 11.1 Å². The Hall–Kier alpha value is -3.00. The minimum atomic E-state index is -0.500. The first-order valence-electron chi connectivity index (χ1n) is 10.7. The van der Waals surface area contributed by atoms with Crippen molar-refractivity contribution < 1.29 is 23.5 Å². The number of carbonyl (C=O) groups is 2. The Labute approximate surface area is 216 Å². The van der Waals surface area contributed by atoms with Crippen molar-refractivity contribution in [1.29, 1.82) is 0 Å². The highest BCUT2D eigenvalue weighted by Crippen LogP contribution is 2.40. The SMILES string of the molecule is CCOc1cc(/C=C2/SC(=O)N(Cc3ccccc3F)C2=O)cc(Cl)c1OCc1ccc(Cl)cc1. The first-order chi connectivity index (χ1) is 16.9. The molecule has 5 nitrogen and oxygen atoms in total. The van der Waals surface area contributed by atoms with Gasteiger partial charge in [0.05, 0.1) is 23.1 Å². The molecule has 1 aliphatic heterocycles.